The Hall–Kier alpha value is -1.25. The highest BCUT2D eigenvalue weighted by atomic mass is 16.2. The van der Waals surface area contributed by atoms with Crippen LogP contribution in [0.15, 0.2) is 6.07 Å². The first-order valence-corrected chi connectivity index (χ1v) is 7.39. The van der Waals surface area contributed by atoms with E-state index in [9.17, 15) is 4.79 Å². The Morgan fingerprint density at radius 3 is 2.58 bits per heavy atom. The molecule has 3 nitrogen and oxygen atoms in total. The van der Waals surface area contributed by atoms with Gasteiger partial charge in [-0.15, -0.1) is 0 Å². The van der Waals surface area contributed by atoms with Gasteiger partial charge in [-0.2, -0.15) is 0 Å². The Balaban J connectivity index is 2.27. The topological polar surface area (TPSA) is 25.2 Å². The summed E-state index contributed by atoms with van der Waals surface area (Å²) in [6.07, 6.45) is 2.38. The van der Waals surface area contributed by atoms with Gasteiger partial charge in [0.2, 0.25) is 0 Å². The minimum atomic E-state index is 0.214. The van der Waals surface area contributed by atoms with Crippen molar-refractivity contribution in [3.8, 4) is 0 Å². The molecule has 0 bridgehead atoms. The summed E-state index contributed by atoms with van der Waals surface area (Å²) >= 11 is 0. The summed E-state index contributed by atoms with van der Waals surface area (Å²) in [6, 6.07) is 2.46. The van der Waals surface area contributed by atoms with Crippen LogP contribution in [-0.4, -0.2) is 28.5 Å². The van der Waals surface area contributed by atoms with E-state index in [2.05, 4.69) is 45.3 Å². The van der Waals surface area contributed by atoms with Crippen molar-refractivity contribution in [3.63, 3.8) is 0 Å². The van der Waals surface area contributed by atoms with Crippen LogP contribution in [0.3, 0.4) is 0 Å². The van der Waals surface area contributed by atoms with Crippen LogP contribution in [0.2, 0.25) is 0 Å². The van der Waals surface area contributed by atoms with E-state index >= 15 is 0 Å². The number of rotatable bonds is 2. The van der Waals surface area contributed by atoms with E-state index in [0.29, 0.717) is 12.0 Å². The largest absolute Gasteiger partial charge is 0.346 e. The van der Waals surface area contributed by atoms with E-state index in [1.54, 1.807) is 0 Å². The highest BCUT2D eigenvalue weighted by Crippen LogP contribution is 2.24. The van der Waals surface area contributed by atoms with E-state index in [-0.39, 0.29) is 5.91 Å². The van der Waals surface area contributed by atoms with Crippen molar-refractivity contribution in [1.29, 1.82) is 0 Å². The van der Waals surface area contributed by atoms with E-state index in [4.69, 9.17) is 0 Å². The van der Waals surface area contributed by atoms with Crippen LogP contribution in [0, 0.1) is 19.8 Å². The molecular weight excluding hydrogens is 236 g/mol. The lowest BCUT2D eigenvalue weighted by molar-refractivity contribution is 0.0682. The zero-order valence-corrected chi connectivity index (χ0v) is 12.9. The second-order valence-electron chi connectivity index (χ2n) is 6.25. The van der Waals surface area contributed by atoms with Gasteiger partial charge in [-0.1, -0.05) is 6.92 Å². The lowest BCUT2D eigenvalue weighted by atomic mass is 9.99. The molecule has 19 heavy (non-hydrogen) atoms. The van der Waals surface area contributed by atoms with Gasteiger partial charge in [-0.3, -0.25) is 4.79 Å². The van der Waals surface area contributed by atoms with Crippen molar-refractivity contribution in [3.05, 3.63) is 23.0 Å². The zero-order chi connectivity index (χ0) is 14.2. The van der Waals surface area contributed by atoms with Crippen molar-refractivity contribution in [2.75, 3.05) is 13.1 Å². The number of hydrogen-bond acceptors (Lipinski definition) is 1. The summed E-state index contributed by atoms with van der Waals surface area (Å²) in [7, 11) is 0. The average Bonchev–Trinajstić information content (AvgIpc) is 2.63. The molecule has 0 saturated carbocycles. The summed E-state index contributed by atoms with van der Waals surface area (Å²) in [4.78, 5) is 14.7. The van der Waals surface area contributed by atoms with E-state index in [1.807, 2.05) is 4.90 Å². The highest BCUT2D eigenvalue weighted by Gasteiger charge is 2.25. The molecule has 0 spiro atoms. The van der Waals surface area contributed by atoms with Crippen molar-refractivity contribution < 1.29 is 4.79 Å². The van der Waals surface area contributed by atoms with Gasteiger partial charge in [0.15, 0.2) is 0 Å². The molecule has 106 valence electrons. The minimum Gasteiger partial charge on any atom is -0.346 e. The van der Waals surface area contributed by atoms with Crippen LogP contribution < -0.4 is 0 Å². The molecule has 3 heteroatoms. The Morgan fingerprint density at radius 1 is 1.37 bits per heavy atom. The van der Waals surface area contributed by atoms with Crippen LogP contribution in [0.5, 0.6) is 0 Å². The van der Waals surface area contributed by atoms with Crippen LogP contribution in [0.25, 0.3) is 0 Å². The summed E-state index contributed by atoms with van der Waals surface area (Å²) in [5.74, 6) is 0.845. The second-order valence-corrected chi connectivity index (χ2v) is 6.25. The monoisotopic (exact) mass is 262 g/mol. The molecule has 0 radical (unpaired) electrons. The van der Waals surface area contributed by atoms with Gasteiger partial charge in [-0.05, 0) is 52.5 Å². The van der Waals surface area contributed by atoms with Gasteiger partial charge in [0, 0.05) is 30.5 Å². The van der Waals surface area contributed by atoms with Crippen molar-refractivity contribution >= 4 is 5.91 Å². The van der Waals surface area contributed by atoms with E-state index in [1.165, 1.54) is 12.1 Å². The number of piperidine rings is 1. The van der Waals surface area contributed by atoms with E-state index in [0.717, 1.165) is 30.8 Å². The summed E-state index contributed by atoms with van der Waals surface area (Å²) in [5, 5.41) is 0. The average molecular weight is 262 g/mol. The predicted molar refractivity (Wildman–Crippen MR) is 78.6 cm³/mol. The molecule has 0 aromatic carbocycles. The number of nitrogens with zero attached hydrogens (tertiary/aromatic N) is 2. The number of aromatic nitrogens is 1. The predicted octanol–water partition coefficient (Wildman–Crippen LogP) is 3.56. The summed E-state index contributed by atoms with van der Waals surface area (Å²) < 4.78 is 2.25. The molecule has 1 fully saturated rings. The molecule has 0 N–H and O–H groups in total. The number of likely N-dealkylation sites (tertiary alicyclic amines) is 1. The van der Waals surface area contributed by atoms with Crippen LogP contribution >= 0.6 is 0 Å². The number of aryl methyl sites for hydroxylation is 1. The molecule has 1 atom stereocenters. The molecule has 1 amide bonds. The molecule has 2 heterocycles. The van der Waals surface area contributed by atoms with Gasteiger partial charge in [0.1, 0.15) is 0 Å². The highest BCUT2D eigenvalue weighted by molar-refractivity contribution is 5.95. The standard InChI is InChI=1S/C16H26N2O/c1-11(2)18-13(4)9-15(14(18)5)16(19)17-8-6-7-12(3)10-17/h9,11-12H,6-8,10H2,1-5H3. The number of carbonyl (C=O) groups excluding carboxylic acids is 1. The van der Waals surface area contributed by atoms with Crippen LogP contribution in [0.1, 0.15) is 61.4 Å². The van der Waals surface area contributed by atoms with Crippen molar-refractivity contribution in [2.24, 2.45) is 5.92 Å². The fourth-order valence-corrected chi connectivity index (χ4v) is 3.33. The Kier molecular flexibility index (Phi) is 4.02. The number of hydrogen-bond donors (Lipinski definition) is 0. The van der Waals surface area contributed by atoms with Crippen molar-refractivity contribution in [2.45, 2.75) is 53.5 Å². The van der Waals surface area contributed by atoms with Gasteiger partial charge >= 0.3 is 0 Å². The first-order chi connectivity index (χ1) is 8.91. The maximum Gasteiger partial charge on any atom is 0.255 e. The third kappa shape index (κ3) is 2.70. The summed E-state index contributed by atoms with van der Waals surface area (Å²) in [6.45, 7) is 12.5. The molecule has 1 aliphatic rings. The molecule has 1 unspecified atom stereocenters. The maximum atomic E-state index is 12.7. The van der Waals surface area contributed by atoms with Gasteiger partial charge in [0.25, 0.3) is 5.91 Å². The van der Waals surface area contributed by atoms with Gasteiger partial charge in [-0.25, -0.2) is 0 Å². The summed E-state index contributed by atoms with van der Waals surface area (Å²) in [5.41, 5.74) is 3.18. The normalized spacial score (nSPS) is 20.1. The molecule has 0 aliphatic carbocycles. The van der Waals surface area contributed by atoms with Crippen molar-refractivity contribution in [1.82, 2.24) is 9.47 Å². The molecule has 1 aromatic rings. The van der Waals surface area contributed by atoms with Gasteiger partial charge in [0.05, 0.1) is 5.56 Å². The van der Waals surface area contributed by atoms with Crippen LogP contribution in [-0.2, 0) is 0 Å². The molecule has 2 rings (SSSR count). The van der Waals surface area contributed by atoms with Gasteiger partial charge < -0.3 is 9.47 Å². The molecule has 1 saturated heterocycles. The molecule has 1 aromatic heterocycles. The van der Waals surface area contributed by atoms with E-state index < -0.39 is 0 Å². The first-order valence-electron chi connectivity index (χ1n) is 7.39. The SMILES string of the molecule is Cc1cc(C(=O)N2CCCC(C)C2)c(C)n1C(C)C. The van der Waals surface area contributed by atoms with Crippen LogP contribution in [0.4, 0.5) is 0 Å². The molecular formula is C16H26N2O. The third-order valence-corrected chi connectivity index (χ3v) is 4.18. The Labute approximate surface area is 116 Å². The first kappa shape index (κ1) is 14.2. The third-order valence-electron chi connectivity index (χ3n) is 4.18. The lowest BCUT2D eigenvalue weighted by Gasteiger charge is -2.31. The fraction of sp³-hybridized carbons (Fsp3) is 0.688. The quantitative estimate of drug-likeness (QED) is 0.800. The number of amides is 1. The maximum absolute atomic E-state index is 12.7. The smallest absolute Gasteiger partial charge is 0.255 e. The molecule has 1 aliphatic heterocycles. The number of carbonyl (C=O) groups is 1. The fourth-order valence-electron chi connectivity index (χ4n) is 3.33. The second kappa shape index (κ2) is 5.40. The zero-order valence-electron chi connectivity index (χ0n) is 12.9. The Bertz CT molecular complexity index is 473. The minimum absolute atomic E-state index is 0.214. The lowest BCUT2D eigenvalue weighted by Crippen LogP contribution is -2.39. The Morgan fingerprint density at radius 2 is 2.05 bits per heavy atom.